The van der Waals surface area contributed by atoms with E-state index in [0.29, 0.717) is 23.6 Å². The molecule has 0 saturated carbocycles. The second-order valence-corrected chi connectivity index (χ2v) is 8.19. The van der Waals surface area contributed by atoms with Crippen molar-refractivity contribution in [3.05, 3.63) is 80.9 Å². The lowest BCUT2D eigenvalue weighted by atomic mass is 10.1. The van der Waals surface area contributed by atoms with Crippen LogP contribution >= 0.6 is 11.6 Å². The van der Waals surface area contributed by atoms with Crippen LogP contribution in [0.3, 0.4) is 0 Å². The molecule has 1 aromatic heterocycles. The fourth-order valence-corrected chi connectivity index (χ4v) is 3.51. The number of benzene rings is 2. The third kappa shape index (κ3) is 5.53. The molecule has 0 saturated heterocycles. The first-order chi connectivity index (χ1) is 15.2. The van der Waals surface area contributed by atoms with Crippen molar-refractivity contribution in [1.82, 2.24) is 15.1 Å². The van der Waals surface area contributed by atoms with Gasteiger partial charge in [-0.2, -0.15) is 5.10 Å². The van der Waals surface area contributed by atoms with Crippen molar-refractivity contribution in [3.63, 3.8) is 0 Å². The highest BCUT2D eigenvalue weighted by atomic mass is 35.5. The van der Waals surface area contributed by atoms with Gasteiger partial charge < -0.3 is 5.32 Å². The lowest BCUT2D eigenvalue weighted by Crippen LogP contribution is -2.36. The number of carbonyl (C=O) groups is 1. The highest BCUT2D eigenvalue weighted by molar-refractivity contribution is 6.31. The molecule has 0 fully saturated rings. The maximum Gasteiger partial charge on any atom is 0.258 e. The normalized spacial score (nSPS) is 11.5. The van der Waals surface area contributed by atoms with Crippen LogP contribution in [-0.2, 0) is 13.5 Å². The Morgan fingerprint density at radius 2 is 1.84 bits per heavy atom. The molecule has 0 bridgehead atoms. The number of nitrogens with zero attached hydrogens (tertiary/aromatic N) is 3. The maximum absolute atomic E-state index is 13.9. The van der Waals surface area contributed by atoms with Gasteiger partial charge in [0.1, 0.15) is 5.82 Å². The topological polar surface area (TPSA) is 71.3 Å². The third-order valence-electron chi connectivity index (χ3n) is 5.41. The molecular formula is C24H27ClFN5O. The van der Waals surface area contributed by atoms with Gasteiger partial charge in [0, 0.05) is 35.6 Å². The SMILES string of the molecule is Cc1ccc(C(=O)NC(=NCCc2c(C)nn(C)c2C)Nc2cc(Cl)ccc2C)cc1F. The summed E-state index contributed by atoms with van der Waals surface area (Å²) in [4.78, 5) is 17.3. The minimum atomic E-state index is -0.455. The number of rotatable bonds is 5. The summed E-state index contributed by atoms with van der Waals surface area (Å²) in [7, 11) is 1.91. The van der Waals surface area contributed by atoms with Gasteiger partial charge >= 0.3 is 0 Å². The summed E-state index contributed by atoms with van der Waals surface area (Å²) in [5.41, 5.74) is 5.52. The van der Waals surface area contributed by atoms with Crippen LogP contribution in [0, 0.1) is 33.5 Å². The predicted octanol–water partition coefficient (Wildman–Crippen LogP) is 4.89. The molecular weight excluding hydrogens is 429 g/mol. The smallest absolute Gasteiger partial charge is 0.258 e. The summed E-state index contributed by atoms with van der Waals surface area (Å²) in [5.74, 6) is -0.624. The molecule has 3 rings (SSSR count). The summed E-state index contributed by atoms with van der Waals surface area (Å²) in [6, 6.07) is 9.80. The molecule has 1 heterocycles. The molecule has 1 amide bonds. The lowest BCUT2D eigenvalue weighted by Gasteiger charge is -2.14. The average Bonchev–Trinajstić information content (AvgIpc) is 2.98. The number of amides is 1. The van der Waals surface area contributed by atoms with Gasteiger partial charge in [-0.25, -0.2) is 4.39 Å². The number of aromatic nitrogens is 2. The maximum atomic E-state index is 13.9. The molecule has 6 nitrogen and oxygen atoms in total. The van der Waals surface area contributed by atoms with Crippen molar-refractivity contribution < 1.29 is 9.18 Å². The minimum absolute atomic E-state index is 0.212. The Hall–Kier alpha value is -3.19. The van der Waals surface area contributed by atoms with Crippen molar-refractivity contribution in [2.24, 2.45) is 12.0 Å². The molecule has 2 aromatic carbocycles. The van der Waals surface area contributed by atoms with E-state index in [2.05, 4.69) is 20.7 Å². The molecule has 0 aliphatic rings. The van der Waals surface area contributed by atoms with Gasteiger partial charge in [-0.05, 0) is 75.1 Å². The Morgan fingerprint density at radius 1 is 1.12 bits per heavy atom. The number of hydrogen-bond donors (Lipinski definition) is 2. The van der Waals surface area contributed by atoms with Crippen molar-refractivity contribution in [2.45, 2.75) is 34.1 Å². The van der Waals surface area contributed by atoms with E-state index in [0.717, 1.165) is 28.2 Å². The third-order valence-corrected chi connectivity index (χ3v) is 5.64. The number of aliphatic imine (C=N–C) groups is 1. The van der Waals surface area contributed by atoms with Gasteiger partial charge in [0.05, 0.1) is 5.69 Å². The molecule has 0 unspecified atom stereocenters. The van der Waals surface area contributed by atoms with E-state index in [4.69, 9.17) is 11.6 Å². The van der Waals surface area contributed by atoms with Crippen molar-refractivity contribution in [1.29, 1.82) is 0 Å². The average molecular weight is 456 g/mol. The van der Waals surface area contributed by atoms with E-state index >= 15 is 0 Å². The van der Waals surface area contributed by atoms with Gasteiger partial charge in [0.25, 0.3) is 5.91 Å². The highest BCUT2D eigenvalue weighted by Crippen LogP contribution is 2.20. The standard InChI is InChI=1S/C24H27ClFN5O/c1-14-6-8-18(12-21(14)26)23(32)29-24(28-22-13-19(25)9-7-15(22)2)27-11-10-20-16(3)30-31(5)17(20)4/h6-9,12-13H,10-11H2,1-5H3,(H2,27,28,29,32). The molecule has 8 heteroatoms. The molecule has 2 N–H and O–H groups in total. The predicted molar refractivity (Wildman–Crippen MR) is 127 cm³/mol. The Balaban J connectivity index is 1.84. The van der Waals surface area contributed by atoms with Gasteiger partial charge in [-0.15, -0.1) is 0 Å². The van der Waals surface area contributed by atoms with Gasteiger partial charge in [-0.3, -0.25) is 19.8 Å². The van der Waals surface area contributed by atoms with Crippen LogP contribution in [0.2, 0.25) is 5.02 Å². The van der Waals surface area contributed by atoms with Crippen molar-refractivity contribution in [3.8, 4) is 0 Å². The van der Waals surface area contributed by atoms with Gasteiger partial charge in [0.2, 0.25) is 5.96 Å². The van der Waals surface area contributed by atoms with E-state index in [1.807, 2.05) is 38.6 Å². The van der Waals surface area contributed by atoms with E-state index in [9.17, 15) is 9.18 Å². The molecule has 0 radical (unpaired) electrons. The number of nitrogens with one attached hydrogen (secondary N) is 2. The molecule has 3 aromatic rings. The Labute approximate surface area is 192 Å². The zero-order valence-electron chi connectivity index (χ0n) is 18.9. The summed E-state index contributed by atoms with van der Waals surface area (Å²) in [5, 5.41) is 10.9. The first-order valence-electron chi connectivity index (χ1n) is 10.3. The molecule has 32 heavy (non-hydrogen) atoms. The van der Waals surface area contributed by atoms with Crippen LogP contribution in [-0.4, -0.2) is 28.2 Å². The largest absolute Gasteiger partial charge is 0.326 e. The van der Waals surface area contributed by atoms with Crippen LogP contribution < -0.4 is 10.6 Å². The second-order valence-electron chi connectivity index (χ2n) is 7.76. The zero-order valence-corrected chi connectivity index (χ0v) is 19.6. The van der Waals surface area contributed by atoms with E-state index in [-0.39, 0.29) is 11.5 Å². The van der Waals surface area contributed by atoms with Gasteiger partial charge in [-0.1, -0.05) is 23.7 Å². The number of carbonyl (C=O) groups excluding carboxylic acids is 1. The molecule has 0 aliphatic carbocycles. The Morgan fingerprint density at radius 3 is 2.50 bits per heavy atom. The zero-order chi connectivity index (χ0) is 23.4. The molecule has 0 aliphatic heterocycles. The summed E-state index contributed by atoms with van der Waals surface area (Å²) in [6.07, 6.45) is 0.667. The number of aryl methyl sites for hydroxylation is 4. The monoisotopic (exact) mass is 455 g/mol. The summed E-state index contributed by atoms with van der Waals surface area (Å²) >= 11 is 6.14. The lowest BCUT2D eigenvalue weighted by molar-refractivity contribution is 0.0976. The van der Waals surface area contributed by atoms with Gasteiger partial charge in [0.15, 0.2) is 0 Å². The first-order valence-corrected chi connectivity index (χ1v) is 10.7. The Kier molecular flexibility index (Phi) is 7.30. The second kappa shape index (κ2) is 9.96. The first kappa shape index (κ1) is 23.5. The molecule has 168 valence electrons. The Bertz CT molecular complexity index is 1190. The highest BCUT2D eigenvalue weighted by Gasteiger charge is 2.13. The van der Waals surface area contributed by atoms with E-state index < -0.39 is 11.7 Å². The summed E-state index contributed by atoms with van der Waals surface area (Å²) in [6.45, 7) is 7.99. The van der Waals surface area contributed by atoms with Crippen LogP contribution in [0.4, 0.5) is 10.1 Å². The number of hydrogen-bond acceptors (Lipinski definition) is 3. The fourth-order valence-electron chi connectivity index (χ4n) is 3.34. The van der Waals surface area contributed by atoms with E-state index in [1.165, 1.54) is 6.07 Å². The molecule has 0 atom stereocenters. The quantitative estimate of drug-likeness (QED) is 0.425. The fraction of sp³-hybridized carbons (Fsp3) is 0.292. The number of halogens is 2. The van der Waals surface area contributed by atoms with Crippen LogP contribution in [0.1, 0.15) is 38.4 Å². The van der Waals surface area contributed by atoms with Crippen molar-refractivity contribution in [2.75, 3.05) is 11.9 Å². The van der Waals surface area contributed by atoms with E-state index in [1.54, 1.807) is 31.2 Å². The van der Waals surface area contributed by atoms with Crippen LogP contribution in [0.25, 0.3) is 0 Å². The summed E-state index contributed by atoms with van der Waals surface area (Å²) < 4.78 is 15.8. The van der Waals surface area contributed by atoms with Crippen molar-refractivity contribution >= 4 is 29.2 Å². The van der Waals surface area contributed by atoms with Crippen LogP contribution in [0.5, 0.6) is 0 Å². The number of guanidine groups is 1. The number of anilines is 1. The molecule has 0 spiro atoms. The minimum Gasteiger partial charge on any atom is -0.326 e. The van der Waals surface area contributed by atoms with Crippen LogP contribution in [0.15, 0.2) is 41.4 Å².